The maximum absolute atomic E-state index is 9.90. The number of phenols is 2. The van der Waals surface area contributed by atoms with Crippen molar-refractivity contribution < 1.29 is 19.7 Å². The van der Waals surface area contributed by atoms with Crippen LogP contribution in [-0.2, 0) is 4.74 Å². The number of hydrogen-bond donors (Lipinski definition) is 3. The van der Waals surface area contributed by atoms with Gasteiger partial charge in [0.2, 0.25) is 5.75 Å². The fraction of sp³-hybridized carbons (Fsp3) is 0.294. The molecule has 0 unspecified atom stereocenters. The molecule has 1 aliphatic heterocycles. The highest BCUT2D eigenvalue weighted by atomic mass is 16.5. The van der Waals surface area contributed by atoms with Gasteiger partial charge in [0, 0.05) is 24.8 Å². The molecule has 0 radical (unpaired) electrons. The molecule has 25 heavy (non-hydrogen) atoms. The molecule has 8 heteroatoms. The monoisotopic (exact) mass is 342 g/mol. The van der Waals surface area contributed by atoms with Gasteiger partial charge in [-0.15, -0.1) is 0 Å². The van der Waals surface area contributed by atoms with E-state index in [9.17, 15) is 10.2 Å². The smallest absolute Gasteiger partial charge is 0.200 e. The lowest BCUT2D eigenvalue weighted by atomic mass is 10.1. The molecule has 0 amide bonds. The number of aromatic nitrogens is 3. The molecule has 1 fully saturated rings. The number of methoxy groups -OCH3 is 1. The van der Waals surface area contributed by atoms with E-state index in [1.165, 1.54) is 13.2 Å². The number of aromatic amines is 1. The highest BCUT2D eigenvalue weighted by Gasteiger charge is 2.19. The summed E-state index contributed by atoms with van der Waals surface area (Å²) in [5.74, 6) is 0.991. The first kappa shape index (κ1) is 15.5. The second kappa shape index (κ2) is 6.14. The number of phenolic OH excluding ortho intramolecular Hbond substituents is 2. The van der Waals surface area contributed by atoms with Crippen molar-refractivity contribution >= 4 is 16.9 Å². The summed E-state index contributed by atoms with van der Waals surface area (Å²) in [5.41, 5.74) is 2.21. The molecule has 0 spiro atoms. The molecule has 1 aliphatic rings. The summed E-state index contributed by atoms with van der Waals surface area (Å²) >= 11 is 0. The molecule has 1 aromatic carbocycles. The second-order valence-corrected chi connectivity index (χ2v) is 5.76. The lowest BCUT2D eigenvalue weighted by Crippen LogP contribution is -2.36. The van der Waals surface area contributed by atoms with Crippen molar-refractivity contribution in [1.82, 2.24) is 15.0 Å². The van der Waals surface area contributed by atoms with Crippen LogP contribution in [-0.4, -0.2) is 58.6 Å². The zero-order chi connectivity index (χ0) is 17.4. The van der Waals surface area contributed by atoms with Gasteiger partial charge in [-0.05, 0) is 18.2 Å². The molecule has 0 saturated carbocycles. The first-order valence-corrected chi connectivity index (χ1v) is 7.95. The van der Waals surface area contributed by atoms with E-state index in [0.29, 0.717) is 24.6 Å². The lowest BCUT2D eigenvalue weighted by molar-refractivity contribution is 0.122. The average Bonchev–Trinajstić information content (AvgIpc) is 3.09. The van der Waals surface area contributed by atoms with Gasteiger partial charge in [-0.25, -0.2) is 9.97 Å². The Morgan fingerprint density at radius 3 is 2.80 bits per heavy atom. The fourth-order valence-corrected chi connectivity index (χ4v) is 2.95. The number of aromatic hydroxyl groups is 2. The van der Waals surface area contributed by atoms with Gasteiger partial charge in [0.25, 0.3) is 0 Å². The van der Waals surface area contributed by atoms with Crippen molar-refractivity contribution in [3.8, 4) is 28.6 Å². The number of benzene rings is 1. The summed E-state index contributed by atoms with van der Waals surface area (Å²) in [5, 5.41) is 19.7. The molecule has 3 N–H and O–H groups in total. The first-order valence-electron chi connectivity index (χ1n) is 7.95. The number of hydrogen-bond acceptors (Lipinski definition) is 7. The number of nitrogens with zero attached hydrogens (tertiary/aromatic N) is 3. The van der Waals surface area contributed by atoms with Gasteiger partial charge in [0.1, 0.15) is 11.3 Å². The van der Waals surface area contributed by atoms with Crippen LogP contribution in [0.15, 0.2) is 24.4 Å². The predicted octanol–water partition coefficient (Wildman–Crippen LogP) is 1.88. The number of rotatable bonds is 3. The maximum Gasteiger partial charge on any atom is 0.200 e. The molecule has 1 saturated heterocycles. The number of anilines is 1. The summed E-state index contributed by atoms with van der Waals surface area (Å²) in [7, 11) is 1.43. The summed E-state index contributed by atoms with van der Waals surface area (Å²) < 4.78 is 10.5. The quantitative estimate of drug-likeness (QED) is 0.624. The summed E-state index contributed by atoms with van der Waals surface area (Å²) in [6, 6.07) is 4.92. The van der Waals surface area contributed by atoms with Crippen LogP contribution >= 0.6 is 0 Å². The molecule has 0 bridgehead atoms. The molecule has 3 heterocycles. The van der Waals surface area contributed by atoms with Crippen molar-refractivity contribution in [1.29, 1.82) is 0 Å². The van der Waals surface area contributed by atoms with Crippen LogP contribution < -0.4 is 9.64 Å². The van der Waals surface area contributed by atoms with Crippen LogP contribution in [0.3, 0.4) is 0 Å². The van der Waals surface area contributed by atoms with Gasteiger partial charge in [-0.2, -0.15) is 0 Å². The highest BCUT2D eigenvalue weighted by molar-refractivity contribution is 5.89. The van der Waals surface area contributed by atoms with E-state index in [1.807, 2.05) is 6.07 Å². The Balaban J connectivity index is 1.81. The molecule has 2 aromatic heterocycles. The van der Waals surface area contributed by atoms with Crippen LogP contribution in [0.25, 0.3) is 22.4 Å². The van der Waals surface area contributed by atoms with Crippen molar-refractivity contribution in [2.24, 2.45) is 0 Å². The highest BCUT2D eigenvalue weighted by Crippen LogP contribution is 2.39. The molecule has 0 atom stereocenters. The van der Waals surface area contributed by atoms with E-state index < -0.39 is 0 Å². The van der Waals surface area contributed by atoms with Gasteiger partial charge in [0.05, 0.1) is 25.8 Å². The van der Waals surface area contributed by atoms with E-state index in [1.54, 1.807) is 12.3 Å². The Morgan fingerprint density at radius 1 is 1.24 bits per heavy atom. The number of fused-ring (bicyclic) bond motifs is 1. The topological polar surface area (TPSA) is 104 Å². The van der Waals surface area contributed by atoms with Crippen LogP contribution in [0, 0.1) is 0 Å². The largest absolute Gasteiger partial charge is 0.504 e. The lowest BCUT2D eigenvalue weighted by Gasteiger charge is -2.27. The van der Waals surface area contributed by atoms with Gasteiger partial charge in [-0.1, -0.05) is 0 Å². The Bertz CT molecular complexity index is 918. The van der Waals surface area contributed by atoms with Crippen LogP contribution in [0.4, 0.5) is 5.82 Å². The number of ether oxygens (including phenoxy) is 2. The minimum absolute atomic E-state index is 0.182. The molecule has 130 valence electrons. The van der Waals surface area contributed by atoms with Crippen molar-refractivity contribution in [3.05, 3.63) is 24.4 Å². The zero-order valence-electron chi connectivity index (χ0n) is 13.7. The third-order valence-corrected chi connectivity index (χ3v) is 4.24. The normalized spacial score (nSPS) is 14.8. The Hall–Kier alpha value is -3.00. The molecule has 4 rings (SSSR count). The minimum atomic E-state index is -0.293. The second-order valence-electron chi connectivity index (χ2n) is 5.76. The van der Waals surface area contributed by atoms with Crippen LogP contribution in [0.1, 0.15) is 0 Å². The Morgan fingerprint density at radius 2 is 2.04 bits per heavy atom. The summed E-state index contributed by atoms with van der Waals surface area (Å²) in [6.07, 6.45) is 1.74. The van der Waals surface area contributed by atoms with E-state index in [0.717, 1.165) is 29.9 Å². The standard InChI is InChI=1S/C17H18N4O4/c1-24-13-9-10(8-12(22)15(13)23)16-19-11-2-3-18-17(14(11)20-16)21-4-6-25-7-5-21/h2-3,8-9,22-23H,4-7H2,1H3,(H,19,20). The van der Waals surface area contributed by atoms with Crippen molar-refractivity contribution in [2.45, 2.75) is 0 Å². The summed E-state index contributed by atoms with van der Waals surface area (Å²) in [4.78, 5) is 14.5. The SMILES string of the molecule is COc1cc(-c2nc3c(N4CCOCC4)nccc3[nH]2)cc(O)c1O. The van der Waals surface area contributed by atoms with Crippen molar-refractivity contribution in [3.63, 3.8) is 0 Å². The van der Waals surface area contributed by atoms with Crippen LogP contribution in [0.5, 0.6) is 17.2 Å². The molecule has 0 aliphatic carbocycles. The average molecular weight is 342 g/mol. The molecular weight excluding hydrogens is 324 g/mol. The number of imidazole rings is 1. The number of morpholine rings is 1. The number of nitrogens with one attached hydrogen (secondary N) is 1. The van der Waals surface area contributed by atoms with Crippen molar-refractivity contribution in [2.75, 3.05) is 38.3 Å². The third kappa shape index (κ3) is 2.70. The van der Waals surface area contributed by atoms with Gasteiger partial charge in [0.15, 0.2) is 17.3 Å². The van der Waals surface area contributed by atoms with Crippen LogP contribution in [0.2, 0.25) is 0 Å². The van der Waals surface area contributed by atoms with Gasteiger partial charge in [-0.3, -0.25) is 0 Å². The van der Waals surface area contributed by atoms with E-state index in [4.69, 9.17) is 9.47 Å². The first-order chi connectivity index (χ1) is 12.2. The zero-order valence-corrected chi connectivity index (χ0v) is 13.7. The fourth-order valence-electron chi connectivity index (χ4n) is 2.95. The minimum Gasteiger partial charge on any atom is -0.504 e. The third-order valence-electron chi connectivity index (χ3n) is 4.24. The Kier molecular flexibility index (Phi) is 3.81. The van der Waals surface area contributed by atoms with E-state index in [2.05, 4.69) is 19.9 Å². The molecular formula is C17H18N4O4. The van der Waals surface area contributed by atoms with E-state index in [-0.39, 0.29) is 17.2 Å². The Labute approximate surface area is 143 Å². The summed E-state index contributed by atoms with van der Waals surface area (Å²) in [6.45, 7) is 2.86. The van der Waals surface area contributed by atoms with Gasteiger partial charge < -0.3 is 29.6 Å². The maximum atomic E-state index is 9.90. The predicted molar refractivity (Wildman–Crippen MR) is 92.2 cm³/mol. The van der Waals surface area contributed by atoms with Gasteiger partial charge >= 0.3 is 0 Å². The number of pyridine rings is 1. The number of H-pyrrole nitrogens is 1. The molecule has 3 aromatic rings. The molecule has 8 nitrogen and oxygen atoms in total. The van der Waals surface area contributed by atoms with E-state index >= 15 is 0 Å².